The van der Waals surface area contributed by atoms with Crippen molar-refractivity contribution in [3.63, 3.8) is 0 Å². The molecule has 0 aliphatic carbocycles. The van der Waals surface area contributed by atoms with Gasteiger partial charge in [-0.3, -0.25) is 0 Å². The number of benzene rings is 1. The molecule has 0 bridgehead atoms. The summed E-state index contributed by atoms with van der Waals surface area (Å²) >= 11 is 0. The normalized spacial score (nSPS) is 20.7. The van der Waals surface area contributed by atoms with Crippen molar-refractivity contribution in [2.45, 2.75) is 25.5 Å². The fraction of sp³-hybridized carbons (Fsp3) is 0.500. The van der Waals surface area contributed by atoms with E-state index in [0.29, 0.717) is 24.8 Å². The highest BCUT2D eigenvalue weighted by atomic mass is 19.1. The van der Waals surface area contributed by atoms with Crippen molar-refractivity contribution >= 4 is 0 Å². The van der Waals surface area contributed by atoms with Crippen LogP contribution in [-0.2, 0) is 11.3 Å². The van der Waals surface area contributed by atoms with Crippen molar-refractivity contribution in [1.82, 2.24) is 5.32 Å². The maximum Gasteiger partial charge on any atom is 0.128 e. The van der Waals surface area contributed by atoms with Crippen LogP contribution in [0, 0.1) is 5.82 Å². The highest BCUT2D eigenvalue weighted by Crippen LogP contribution is 2.10. The van der Waals surface area contributed by atoms with Crippen LogP contribution in [0.15, 0.2) is 24.3 Å². The Morgan fingerprint density at radius 2 is 2.27 bits per heavy atom. The van der Waals surface area contributed by atoms with Gasteiger partial charge in [0.05, 0.1) is 13.2 Å². The molecule has 1 aromatic rings. The van der Waals surface area contributed by atoms with Gasteiger partial charge in [0.15, 0.2) is 0 Å². The van der Waals surface area contributed by atoms with Gasteiger partial charge in [-0.1, -0.05) is 18.2 Å². The van der Waals surface area contributed by atoms with Crippen molar-refractivity contribution in [2.75, 3.05) is 13.2 Å². The highest BCUT2D eigenvalue weighted by Gasteiger charge is 2.13. The number of hydrogen-bond donors (Lipinski definition) is 1. The van der Waals surface area contributed by atoms with Gasteiger partial charge in [0, 0.05) is 11.6 Å². The van der Waals surface area contributed by atoms with Gasteiger partial charge in [-0.15, -0.1) is 0 Å². The standard InChI is InChI=1S/C12H16FNO/c13-12-6-2-1-4-10(12)8-15-9-11-5-3-7-14-11/h1-2,4,6,11,14H,3,5,7-9H2. The second-order valence-electron chi connectivity index (χ2n) is 3.90. The predicted molar refractivity (Wildman–Crippen MR) is 57.1 cm³/mol. The third kappa shape index (κ3) is 3.01. The van der Waals surface area contributed by atoms with Crippen molar-refractivity contribution in [1.29, 1.82) is 0 Å². The highest BCUT2D eigenvalue weighted by molar-refractivity contribution is 5.16. The van der Waals surface area contributed by atoms with Crippen LogP contribution in [0.25, 0.3) is 0 Å². The maximum atomic E-state index is 13.2. The molecule has 2 rings (SSSR count). The molecule has 0 aromatic heterocycles. The summed E-state index contributed by atoms with van der Waals surface area (Å²) in [6, 6.07) is 7.20. The molecule has 82 valence electrons. The van der Waals surface area contributed by atoms with Gasteiger partial charge < -0.3 is 10.1 Å². The fourth-order valence-corrected chi connectivity index (χ4v) is 1.83. The Kier molecular flexibility index (Phi) is 3.69. The molecule has 0 radical (unpaired) electrons. The van der Waals surface area contributed by atoms with E-state index in [9.17, 15) is 4.39 Å². The van der Waals surface area contributed by atoms with Gasteiger partial charge in [0.2, 0.25) is 0 Å². The molecular formula is C12H16FNO. The SMILES string of the molecule is Fc1ccccc1COCC1CCCN1. The van der Waals surface area contributed by atoms with Gasteiger partial charge in [-0.2, -0.15) is 0 Å². The summed E-state index contributed by atoms with van der Waals surface area (Å²) in [5, 5.41) is 3.34. The average Bonchev–Trinajstić information content (AvgIpc) is 2.74. The lowest BCUT2D eigenvalue weighted by Crippen LogP contribution is -2.26. The zero-order valence-electron chi connectivity index (χ0n) is 8.71. The molecule has 2 nitrogen and oxygen atoms in total. The second kappa shape index (κ2) is 5.24. The number of ether oxygens (including phenoxy) is 1. The molecule has 1 unspecified atom stereocenters. The molecule has 1 aliphatic heterocycles. The van der Waals surface area contributed by atoms with Crippen LogP contribution in [0.1, 0.15) is 18.4 Å². The van der Waals surface area contributed by atoms with E-state index in [1.807, 2.05) is 6.07 Å². The molecule has 1 N–H and O–H groups in total. The van der Waals surface area contributed by atoms with E-state index in [0.717, 1.165) is 13.0 Å². The Morgan fingerprint density at radius 1 is 1.40 bits per heavy atom. The van der Waals surface area contributed by atoms with Crippen LogP contribution in [0.5, 0.6) is 0 Å². The third-order valence-corrected chi connectivity index (χ3v) is 2.70. The largest absolute Gasteiger partial charge is 0.375 e. The van der Waals surface area contributed by atoms with Crippen LogP contribution in [0.3, 0.4) is 0 Å². The molecule has 1 heterocycles. The number of rotatable bonds is 4. The van der Waals surface area contributed by atoms with Gasteiger partial charge >= 0.3 is 0 Å². The van der Waals surface area contributed by atoms with E-state index < -0.39 is 0 Å². The predicted octanol–water partition coefficient (Wildman–Crippen LogP) is 2.09. The third-order valence-electron chi connectivity index (χ3n) is 2.70. The van der Waals surface area contributed by atoms with Crippen LogP contribution in [0.4, 0.5) is 4.39 Å². The zero-order valence-corrected chi connectivity index (χ0v) is 8.71. The van der Waals surface area contributed by atoms with Gasteiger partial charge in [-0.25, -0.2) is 4.39 Å². The van der Waals surface area contributed by atoms with Crippen molar-refractivity contribution in [2.24, 2.45) is 0 Å². The molecule has 0 spiro atoms. The van der Waals surface area contributed by atoms with E-state index in [1.54, 1.807) is 12.1 Å². The molecule has 1 fully saturated rings. The summed E-state index contributed by atoms with van der Waals surface area (Å²) in [4.78, 5) is 0. The van der Waals surface area contributed by atoms with Crippen LogP contribution in [-0.4, -0.2) is 19.2 Å². The Hall–Kier alpha value is -0.930. The van der Waals surface area contributed by atoms with Gasteiger partial charge in [0.25, 0.3) is 0 Å². The molecule has 1 aromatic carbocycles. The van der Waals surface area contributed by atoms with Crippen molar-refractivity contribution < 1.29 is 9.13 Å². The molecule has 0 amide bonds. The minimum absolute atomic E-state index is 0.183. The van der Waals surface area contributed by atoms with E-state index in [-0.39, 0.29) is 5.82 Å². The molecule has 1 aliphatic rings. The topological polar surface area (TPSA) is 21.3 Å². The first kappa shape index (κ1) is 10.6. The Bertz CT molecular complexity index is 310. The number of halogens is 1. The number of hydrogen-bond acceptors (Lipinski definition) is 2. The van der Waals surface area contributed by atoms with E-state index in [2.05, 4.69) is 5.32 Å². The van der Waals surface area contributed by atoms with Crippen LogP contribution >= 0.6 is 0 Å². The maximum absolute atomic E-state index is 13.2. The van der Waals surface area contributed by atoms with Crippen LogP contribution < -0.4 is 5.32 Å². The van der Waals surface area contributed by atoms with Crippen molar-refractivity contribution in [3.8, 4) is 0 Å². The minimum atomic E-state index is -0.183. The van der Waals surface area contributed by atoms with Gasteiger partial charge in [-0.05, 0) is 25.5 Å². The zero-order chi connectivity index (χ0) is 10.5. The minimum Gasteiger partial charge on any atom is -0.375 e. The van der Waals surface area contributed by atoms with E-state index in [1.165, 1.54) is 12.5 Å². The lowest BCUT2D eigenvalue weighted by molar-refractivity contribution is 0.101. The fourth-order valence-electron chi connectivity index (χ4n) is 1.83. The van der Waals surface area contributed by atoms with Crippen molar-refractivity contribution in [3.05, 3.63) is 35.6 Å². The lowest BCUT2D eigenvalue weighted by Gasteiger charge is -2.10. The molecular weight excluding hydrogens is 193 g/mol. The summed E-state index contributed by atoms with van der Waals surface area (Å²) in [7, 11) is 0. The lowest BCUT2D eigenvalue weighted by atomic mass is 10.2. The quantitative estimate of drug-likeness (QED) is 0.820. The smallest absolute Gasteiger partial charge is 0.128 e. The number of nitrogens with one attached hydrogen (secondary N) is 1. The summed E-state index contributed by atoms with van der Waals surface area (Å²) in [5.74, 6) is -0.183. The average molecular weight is 209 g/mol. The van der Waals surface area contributed by atoms with E-state index in [4.69, 9.17) is 4.74 Å². The van der Waals surface area contributed by atoms with Crippen LogP contribution in [0.2, 0.25) is 0 Å². The Labute approximate surface area is 89.4 Å². The first-order valence-corrected chi connectivity index (χ1v) is 5.41. The van der Waals surface area contributed by atoms with Gasteiger partial charge in [0.1, 0.15) is 5.82 Å². The Morgan fingerprint density at radius 3 is 3.00 bits per heavy atom. The molecule has 3 heteroatoms. The summed E-state index contributed by atoms with van der Waals surface area (Å²) in [6.07, 6.45) is 2.38. The summed E-state index contributed by atoms with van der Waals surface area (Å²) in [6.45, 7) is 2.12. The Balaban J connectivity index is 1.75. The first-order chi connectivity index (χ1) is 7.36. The van der Waals surface area contributed by atoms with E-state index >= 15 is 0 Å². The first-order valence-electron chi connectivity index (χ1n) is 5.41. The molecule has 1 atom stereocenters. The monoisotopic (exact) mass is 209 g/mol. The molecule has 0 saturated carbocycles. The molecule has 1 saturated heterocycles. The second-order valence-corrected chi connectivity index (χ2v) is 3.90. The summed E-state index contributed by atoms with van der Waals surface area (Å²) < 4.78 is 18.7. The molecule has 15 heavy (non-hydrogen) atoms. The summed E-state index contributed by atoms with van der Waals surface area (Å²) in [5.41, 5.74) is 0.635.